The van der Waals surface area contributed by atoms with Crippen LogP contribution in [0.25, 0.3) is 11.2 Å². The van der Waals surface area contributed by atoms with Gasteiger partial charge in [0.15, 0.2) is 17.7 Å². The first-order chi connectivity index (χ1) is 10.0. The Balaban J connectivity index is 2.02. The zero-order valence-electron chi connectivity index (χ0n) is 11.2. The zero-order valence-corrected chi connectivity index (χ0v) is 11.2. The molecular formula is C12H15N5O4. The van der Waals surface area contributed by atoms with E-state index in [-0.39, 0.29) is 11.6 Å². The Labute approximate surface area is 119 Å². The van der Waals surface area contributed by atoms with Crippen LogP contribution >= 0.6 is 0 Å². The molecule has 0 spiro atoms. The van der Waals surface area contributed by atoms with Gasteiger partial charge in [-0.25, -0.2) is 15.0 Å². The lowest BCUT2D eigenvalue weighted by Gasteiger charge is -2.16. The number of fused-ring (bicyclic) bond motifs is 1. The fraction of sp³-hybridized carbons (Fsp3) is 0.417. The molecule has 0 radical (unpaired) electrons. The molecule has 21 heavy (non-hydrogen) atoms. The Morgan fingerprint density at radius 3 is 2.81 bits per heavy atom. The lowest BCUT2D eigenvalue weighted by molar-refractivity contribution is -0.0341. The molecule has 4 atom stereocenters. The number of aliphatic hydroxyl groups is 3. The highest BCUT2D eigenvalue weighted by Crippen LogP contribution is 2.34. The number of anilines is 1. The van der Waals surface area contributed by atoms with Gasteiger partial charge in [-0.05, 0) is 13.0 Å². The summed E-state index contributed by atoms with van der Waals surface area (Å²) in [5.74, 6) is 0.0576. The third-order valence-corrected chi connectivity index (χ3v) is 3.49. The van der Waals surface area contributed by atoms with E-state index >= 15 is 0 Å². The second-order valence-electron chi connectivity index (χ2n) is 4.72. The largest absolute Gasteiger partial charge is 0.510 e. The molecule has 1 fully saturated rings. The van der Waals surface area contributed by atoms with Gasteiger partial charge in [0.1, 0.15) is 35.9 Å². The predicted molar refractivity (Wildman–Crippen MR) is 72.0 cm³/mol. The Hall–Kier alpha value is -2.23. The van der Waals surface area contributed by atoms with Gasteiger partial charge in [0.05, 0.1) is 6.33 Å². The lowest BCUT2D eigenvalue weighted by Crippen LogP contribution is -2.32. The summed E-state index contributed by atoms with van der Waals surface area (Å²) in [7, 11) is 0. The van der Waals surface area contributed by atoms with Crippen LogP contribution in [-0.4, -0.2) is 53.2 Å². The number of nitrogen functional groups attached to an aromatic ring is 1. The number of imidazole rings is 1. The van der Waals surface area contributed by atoms with Crippen molar-refractivity contribution in [3.8, 4) is 0 Å². The molecule has 2 aromatic rings. The maximum atomic E-state index is 10.1. The van der Waals surface area contributed by atoms with E-state index in [0.717, 1.165) is 0 Å². The van der Waals surface area contributed by atoms with E-state index in [1.165, 1.54) is 23.3 Å². The average Bonchev–Trinajstić information content (AvgIpc) is 3.02. The third kappa shape index (κ3) is 2.02. The first-order valence-electron chi connectivity index (χ1n) is 6.34. The summed E-state index contributed by atoms with van der Waals surface area (Å²) < 4.78 is 6.98. The van der Waals surface area contributed by atoms with Crippen LogP contribution in [0.15, 0.2) is 24.5 Å². The van der Waals surface area contributed by atoms with Gasteiger partial charge in [0.25, 0.3) is 0 Å². The van der Waals surface area contributed by atoms with E-state index in [0.29, 0.717) is 11.2 Å². The van der Waals surface area contributed by atoms with Crippen LogP contribution in [0.5, 0.6) is 0 Å². The van der Waals surface area contributed by atoms with Crippen molar-refractivity contribution in [1.82, 2.24) is 19.5 Å². The summed E-state index contributed by atoms with van der Waals surface area (Å²) in [4.78, 5) is 12.0. The zero-order chi connectivity index (χ0) is 15.1. The average molecular weight is 293 g/mol. The van der Waals surface area contributed by atoms with Gasteiger partial charge in [0.2, 0.25) is 0 Å². The molecule has 0 aliphatic carbocycles. The maximum absolute atomic E-state index is 10.1. The third-order valence-electron chi connectivity index (χ3n) is 3.49. The highest BCUT2D eigenvalue weighted by molar-refractivity contribution is 5.81. The van der Waals surface area contributed by atoms with Gasteiger partial charge in [-0.15, -0.1) is 0 Å². The number of rotatable bonds is 2. The van der Waals surface area contributed by atoms with Gasteiger partial charge in [0, 0.05) is 0 Å². The molecule has 0 bridgehead atoms. The smallest absolute Gasteiger partial charge is 0.167 e. The van der Waals surface area contributed by atoms with Gasteiger partial charge in [-0.2, -0.15) is 0 Å². The molecule has 112 valence electrons. The number of ether oxygens (including phenoxy) is 1. The SMILES string of the molecule is C/C=C(\O)[C@H]1O[C@@H](n2cnc3c(N)ncnc32)[C@H](O)[C@@H]1O. The molecular weight excluding hydrogens is 278 g/mol. The Bertz CT molecular complexity index is 700. The van der Waals surface area contributed by atoms with Crippen molar-refractivity contribution in [2.75, 3.05) is 5.73 Å². The summed E-state index contributed by atoms with van der Waals surface area (Å²) in [6.45, 7) is 1.60. The maximum Gasteiger partial charge on any atom is 0.167 e. The standard InChI is InChI=1S/C12H15N5O4/c1-2-5(18)9-7(19)8(20)12(21-9)17-4-16-6-10(13)14-3-15-11(6)17/h2-4,7-9,12,18-20H,1H3,(H2,13,14,15)/b5-2-/t7-,8+,9+,12+/m0/s1. The molecule has 3 heterocycles. The number of hydrogen-bond donors (Lipinski definition) is 4. The number of aromatic nitrogens is 4. The van der Waals surface area contributed by atoms with Crippen LogP contribution in [0.4, 0.5) is 5.82 Å². The Morgan fingerprint density at radius 1 is 1.33 bits per heavy atom. The molecule has 1 saturated heterocycles. The van der Waals surface area contributed by atoms with Crippen LogP contribution in [0.3, 0.4) is 0 Å². The molecule has 1 aliphatic rings. The van der Waals surface area contributed by atoms with Gasteiger partial charge < -0.3 is 25.8 Å². The molecule has 9 heteroatoms. The van der Waals surface area contributed by atoms with Crippen molar-refractivity contribution in [3.63, 3.8) is 0 Å². The monoisotopic (exact) mass is 293 g/mol. The molecule has 0 amide bonds. The molecule has 1 aliphatic heterocycles. The van der Waals surface area contributed by atoms with Crippen molar-refractivity contribution in [2.45, 2.75) is 31.5 Å². The minimum absolute atomic E-state index is 0.150. The molecule has 2 aromatic heterocycles. The van der Waals surface area contributed by atoms with E-state index in [4.69, 9.17) is 10.5 Å². The number of allylic oxidation sites excluding steroid dienone is 1. The summed E-state index contributed by atoms with van der Waals surface area (Å²) in [6.07, 6.45) is -0.388. The van der Waals surface area contributed by atoms with Crippen molar-refractivity contribution in [3.05, 3.63) is 24.5 Å². The Morgan fingerprint density at radius 2 is 2.10 bits per heavy atom. The Kier molecular flexibility index (Phi) is 3.24. The van der Waals surface area contributed by atoms with Crippen LogP contribution in [-0.2, 0) is 4.74 Å². The fourth-order valence-electron chi connectivity index (χ4n) is 2.35. The quantitative estimate of drug-likeness (QED) is 0.543. The molecule has 3 rings (SSSR count). The summed E-state index contributed by atoms with van der Waals surface area (Å²) >= 11 is 0. The number of nitrogens with two attached hydrogens (primary N) is 1. The lowest BCUT2D eigenvalue weighted by atomic mass is 10.1. The van der Waals surface area contributed by atoms with Crippen molar-refractivity contribution < 1.29 is 20.1 Å². The van der Waals surface area contributed by atoms with Crippen molar-refractivity contribution in [2.24, 2.45) is 0 Å². The number of nitrogens with zero attached hydrogens (tertiary/aromatic N) is 4. The van der Waals surface area contributed by atoms with E-state index in [1.807, 2.05) is 0 Å². The normalized spacial score (nSPS) is 30.1. The number of aliphatic hydroxyl groups excluding tert-OH is 3. The van der Waals surface area contributed by atoms with Gasteiger partial charge >= 0.3 is 0 Å². The first kappa shape index (κ1) is 13.7. The summed E-state index contributed by atoms with van der Waals surface area (Å²) in [5, 5.41) is 29.8. The van der Waals surface area contributed by atoms with Crippen LogP contribution in [0.1, 0.15) is 13.2 Å². The topological polar surface area (TPSA) is 140 Å². The molecule has 0 saturated carbocycles. The first-order valence-corrected chi connectivity index (χ1v) is 6.34. The fourth-order valence-corrected chi connectivity index (χ4v) is 2.35. The summed E-state index contributed by atoms with van der Waals surface area (Å²) in [6, 6.07) is 0. The highest BCUT2D eigenvalue weighted by Gasteiger charge is 2.46. The minimum atomic E-state index is -1.26. The minimum Gasteiger partial charge on any atom is -0.510 e. The second-order valence-corrected chi connectivity index (χ2v) is 4.72. The molecule has 5 N–H and O–H groups in total. The second kappa shape index (κ2) is 4.95. The van der Waals surface area contributed by atoms with E-state index in [1.54, 1.807) is 6.92 Å². The van der Waals surface area contributed by atoms with E-state index in [2.05, 4.69) is 15.0 Å². The molecule has 0 unspecified atom stereocenters. The molecule has 9 nitrogen and oxygen atoms in total. The highest BCUT2D eigenvalue weighted by atomic mass is 16.6. The van der Waals surface area contributed by atoms with E-state index < -0.39 is 24.5 Å². The van der Waals surface area contributed by atoms with Gasteiger partial charge in [-0.3, -0.25) is 4.57 Å². The van der Waals surface area contributed by atoms with Gasteiger partial charge in [-0.1, -0.05) is 0 Å². The van der Waals surface area contributed by atoms with Crippen molar-refractivity contribution >= 4 is 17.0 Å². The van der Waals surface area contributed by atoms with Crippen LogP contribution in [0.2, 0.25) is 0 Å². The number of hydrogen-bond acceptors (Lipinski definition) is 8. The van der Waals surface area contributed by atoms with Crippen LogP contribution in [0, 0.1) is 0 Å². The summed E-state index contributed by atoms with van der Waals surface area (Å²) in [5.41, 5.74) is 6.45. The van der Waals surface area contributed by atoms with Crippen molar-refractivity contribution in [1.29, 1.82) is 0 Å². The van der Waals surface area contributed by atoms with Crippen LogP contribution < -0.4 is 5.73 Å². The molecule has 0 aromatic carbocycles. The predicted octanol–water partition coefficient (Wildman–Crippen LogP) is -0.511. The van der Waals surface area contributed by atoms with E-state index in [9.17, 15) is 15.3 Å².